The molecule has 0 aliphatic carbocycles. The smallest absolute Gasteiger partial charge is 0.320 e. The van der Waals surface area contributed by atoms with E-state index in [0.717, 1.165) is 25.8 Å². The lowest BCUT2D eigenvalue weighted by molar-refractivity contribution is -0.143. The van der Waals surface area contributed by atoms with Gasteiger partial charge in [-0.2, -0.15) is 0 Å². The number of para-hydroxylation sites is 1. The first-order valence-electron chi connectivity index (χ1n) is 7.13. The first kappa shape index (κ1) is 16.4. The van der Waals surface area contributed by atoms with Crippen molar-refractivity contribution < 1.29 is 14.6 Å². The standard InChI is InChI=1S/C15H19Cl2NO3/c16-11-5-4-6-12(17)14(11)21-10-9-18-8-3-1-2-7-13(18)15(19)20/h4-6,13H,1-3,7-10H2,(H,19,20). The number of carboxylic acids is 1. The molecule has 1 saturated heterocycles. The summed E-state index contributed by atoms with van der Waals surface area (Å²) in [4.78, 5) is 13.3. The molecule has 21 heavy (non-hydrogen) atoms. The summed E-state index contributed by atoms with van der Waals surface area (Å²) in [6, 6.07) is 4.77. The van der Waals surface area contributed by atoms with Gasteiger partial charge in [0.05, 0.1) is 10.0 Å². The molecule has 1 unspecified atom stereocenters. The van der Waals surface area contributed by atoms with Crippen molar-refractivity contribution in [2.24, 2.45) is 0 Å². The van der Waals surface area contributed by atoms with E-state index in [9.17, 15) is 9.90 Å². The van der Waals surface area contributed by atoms with E-state index >= 15 is 0 Å². The van der Waals surface area contributed by atoms with Crippen LogP contribution in [0, 0.1) is 0 Å². The Morgan fingerprint density at radius 3 is 2.67 bits per heavy atom. The molecule has 0 aromatic heterocycles. The summed E-state index contributed by atoms with van der Waals surface area (Å²) in [5.41, 5.74) is 0. The topological polar surface area (TPSA) is 49.8 Å². The first-order chi connectivity index (χ1) is 10.1. The number of carboxylic acid groups (broad SMARTS) is 1. The number of hydrogen-bond donors (Lipinski definition) is 1. The molecule has 1 N–H and O–H groups in total. The maximum atomic E-state index is 11.3. The Kier molecular flexibility index (Phi) is 6.15. The molecule has 116 valence electrons. The molecule has 1 atom stereocenters. The zero-order valence-electron chi connectivity index (χ0n) is 11.7. The van der Waals surface area contributed by atoms with Gasteiger partial charge in [-0.25, -0.2) is 0 Å². The molecule has 4 nitrogen and oxygen atoms in total. The highest BCUT2D eigenvalue weighted by Crippen LogP contribution is 2.32. The molecule has 6 heteroatoms. The molecular weight excluding hydrogens is 313 g/mol. The van der Waals surface area contributed by atoms with Crippen molar-refractivity contribution in [3.63, 3.8) is 0 Å². The molecule has 0 radical (unpaired) electrons. The van der Waals surface area contributed by atoms with Crippen LogP contribution in [0.2, 0.25) is 10.0 Å². The molecule has 1 heterocycles. The second kappa shape index (κ2) is 7.87. The predicted molar refractivity (Wildman–Crippen MR) is 83.4 cm³/mol. The van der Waals surface area contributed by atoms with E-state index in [-0.39, 0.29) is 0 Å². The van der Waals surface area contributed by atoms with Crippen molar-refractivity contribution in [2.75, 3.05) is 19.7 Å². The number of nitrogens with zero attached hydrogens (tertiary/aromatic N) is 1. The molecule has 0 amide bonds. The first-order valence-corrected chi connectivity index (χ1v) is 7.89. The minimum atomic E-state index is -0.757. The van der Waals surface area contributed by atoms with Crippen LogP contribution in [0.1, 0.15) is 25.7 Å². The largest absolute Gasteiger partial charge is 0.489 e. The molecule has 0 spiro atoms. The SMILES string of the molecule is O=C(O)C1CCCCCN1CCOc1c(Cl)cccc1Cl. The van der Waals surface area contributed by atoms with Crippen LogP contribution in [0.3, 0.4) is 0 Å². The molecule has 0 bridgehead atoms. The van der Waals surface area contributed by atoms with Crippen molar-refractivity contribution in [2.45, 2.75) is 31.7 Å². The van der Waals surface area contributed by atoms with Crippen molar-refractivity contribution in [3.8, 4) is 5.75 Å². The Bertz CT molecular complexity index is 476. The van der Waals surface area contributed by atoms with Gasteiger partial charge in [0, 0.05) is 6.54 Å². The van der Waals surface area contributed by atoms with Crippen LogP contribution in [0.5, 0.6) is 5.75 Å². The van der Waals surface area contributed by atoms with Crippen LogP contribution >= 0.6 is 23.2 Å². The highest BCUT2D eigenvalue weighted by Gasteiger charge is 2.26. The van der Waals surface area contributed by atoms with Crippen molar-refractivity contribution in [1.29, 1.82) is 0 Å². The highest BCUT2D eigenvalue weighted by molar-refractivity contribution is 6.37. The fourth-order valence-electron chi connectivity index (χ4n) is 2.60. The van der Waals surface area contributed by atoms with Gasteiger partial charge in [0.15, 0.2) is 5.75 Å². The molecule has 0 saturated carbocycles. The van der Waals surface area contributed by atoms with E-state index in [2.05, 4.69) is 0 Å². The van der Waals surface area contributed by atoms with Gasteiger partial charge in [-0.1, -0.05) is 42.1 Å². The number of halogens is 2. The Hall–Kier alpha value is -0.970. The van der Waals surface area contributed by atoms with E-state index in [4.69, 9.17) is 27.9 Å². The van der Waals surface area contributed by atoms with E-state index in [1.807, 2.05) is 4.90 Å². The summed E-state index contributed by atoms with van der Waals surface area (Å²) in [5, 5.41) is 10.2. The molecule has 2 rings (SSSR count). The second-order valence-corrected chi connectivity index (χ2v) is 5.95. The van der Waals surface area contributed by atoms with Crippen molar-refractivity contribution >= 4 is 29.2 Å². The molecule has 1 aliphatic rings. The summed E-state index contributed by atoms with van der Waals surface area (Å²) >= 11 is 12.1. The zero-order valence-corrected chi connectivity index (χ0v) is 13.2. The van der Waals surface area contributed by atoms with Gasteiger partial charge >= 0.3 is 5.97 Å². The van der Waals surface area contributed by atoms with Crippen LogP contribution in [-0.2, 0) is 4.79 Å². The minimum Gasteiger partial charge on any atom is -0.489 e. The van der Waals surface area contributed by atoms with Gasteiger partial charge in [-0.3, -0.25) is 9.69 Å². The number of rotatable bonds is 5. The van der Waals surface area contributed by atoms with Crippen molar-refractivity contribution in [3.05, 3.63) is 28.2 Å². The Balaban J connectivity index is 1.93. The van der Waals surface area contributed by atoms with Gasteiger partial charge in [-0.15, -0.1) is 0 Å². The Morgan fingerprint density at radius 2 is 2.00 bits per heavy atom. The van der Waals surface area contributed by atoms with Gasteiger partial charge in [0.2, 0.25) is 0 Å². The molecule has 1 aromatic rings. The Morgan fingerprint density at radius 1 is 1.29 bits per heavy atom. The maximum absolute atomic E-state index is 11.3. The predicted octanol–water partition coefficient (Wildman–Crippen LogP) is 3.70. The Labute approximate surface area is 134 Å². The normalized spacial score (nSPS) is 20.0. The summed E-state index contributed by atoms with van der Waals surface area (Å²) in [6.45, 7) is 1.71. The lowest BCUT2D eigenvalue weighted by atomic mass is 10.1. The third kappa shape index (κ3) is 4.50. The summed E-state index contributed by atoms with van der Waals surface area (Å²) in [5.74, 6) is -0.296. The maximum Gasteiger partial charge on any atom is 0.320 e. The lowest BCUT2D eigenvalue weighted by Crippen LogP contribution is -2.42. The van der Waals surface area contributed by atoms with Crippen LogP contribution < -0.4 is 4.74 Å². The molecule has 1 aliphatic heterocycles. The second-order valence-electron chi connectivity index (χ2n) is 5.14. The van der Waals surface area contributed by atoms with Crippen LogP contribution in [0.25, 0.3) is 0 Å². The van der Waals surface area contributed by atoms with Crippen molar-refractivity contribution in [1.82, 2.24) is 4.90 Å². The number of aliphatic carboxylic acids is 1. The quantitative estimate of drug-likeness (QED) is 0.893. The number of ether oxygens (including phenoxy) is 1. The third-order valence-electron chi connectivity index (χ3n) is 3.69. The third-order valence-corrected chi connectivity index (χ3v) is 4.29. The number of likely N-dealkylation sites (tertiary alicyclic amines) is 1. The fraction of sp³-hybridized carbons (Fsp3) is 0.533. The minimum absolute atomic E-state index is 0.368. The van der Waals surface area contributed by atoms with E-state index < -0.39 is 12.0 Å². The number of hydrogen-bond acceptors (Lipinski definition) is 3. The summed E-state index contributed by atoms with van der Waals surface area (Å²) in [6.07, 6.45) is 3.76. The number of carbonyl (C=O) groups is 1. The monoisotopic (exact) mass is 331 g/mol. The highest BCUT2D eigenvalue weighted by atomic mass is 35.5. The van der Waals surface area contributed by atoms with E-state index in [1.165, 1.54) is 0 Å². The average molecular weight is 332 g/mol. The zero-order chi connectivity index (χ0) is 15.2. The molecular formula is C15H19Cl2NO3. The molecule has 1 aromatic carbocycles. The van der Waals surface area contributed by atoms with Gasteiger partial charge in [-0.05, 0) is 31.5 Å². The molecule has 1 fully saturated rings. The van der Waals surface area contributed by atoms with Crippen LogP contribution in [0.15, 0.2) is 18.2 Å². The van der Waals surface area contributed by atoms with Gasteiger partial charge in [0.1, 0.15) is 12.6 Å². The van der Waals surface area contributed by atoms with Crippen LogP contribution in [0.4, 0.5) is 0 Å². The summed E-state index contributed by atoms with van der Waals surface area (Å²) < 4.78 is 5.64. The van der Waals surface area contributed by atoms with E-state index in [1.54, 1.807) is 18.2 Å². The van der Waals surface area contributed by atoms with Gasteiger partial charge in [0.25, 0.3) is 0 Å². The number of benzene rings is 1. The van der Waals surface area contributed by atoms with E-state index in [0.29, 0.717) is 35.4 Å². The summed E-state index contributed by atoms with van der Waals surface area (Å²) in [7, 11) is 0. The van der Waals surface area contributed by atoms with Gasteiger partial charge < -0.3 is 9.84 Å². The fourth-order valence-corrected chi connectivity index (χ4v) is 3.11. The van der Waals surface area contributed by atoms with Crippen LogP contribution in [-0.4, -0.2) is 41.7 Å². The lowest BCUT2D eigenvalue weighted by Gasteiger charge is -2.26. The average Bonchev–Trinajstić information content (AvgIpc) is 2.67.